The van der Waals surface area contributed by atoms with Crippen LogP contribution < -0.4 is 0 Å². The summed E-state index contributed by atoms with van der Waals surface area (Å²) in [7, 11) is 0. The summed E-state index contributed by atoms with van der Waals surface area (Å²) in [5.74, 6) is 0.750. The van der Waals surface area contributed by atoms with Gasteiger partial charge in [-0.1, -0.05) is 41.9 Å². The van der Waals surface area contributed by atoms with Crippen LogP contribution in [0.2, 0.25) is 5.02 Å². The molecule has 4 nitrogen and oxygen atoms in total. The number of fused-ring (bicyclic) bond motifs is 1. The van der Waals surface area contributed by atoms with Gasteiger partial charge in [0, 0.05) is 14.7 Å². The highest BCUT2D eigenvalue weighted by molar-refractivity contribution is 14.1. The lowest BCUT2D eigenvalue weighted by atomic mass is 10.1. The van der Waals surface area contributed by atoms with Crippen molar-refractivity contribution in [2.75, 3.05) is 0 Å². The third-order valence-electron chi connectivity index (χ3n) is 4.73. The number of halogens is 4. The highest BCUT2D eigenvalue weighted by Gasteiger charge is 2.17. The van der Waals surface area contributed by atoms with E-state index in [1.54, 1.807) is 12.1 Å². The molecule has 8 heteroatoms. The minimum absolute atomic E-state index is 0.250. The zero-order valence-electron chi connectivity index (χ0n) is 15.2. The second-order valence-electron chi connectivity index (χ2n) is 6.67. The summed E-state index contributed by atoms with van der Waals surface area (Å²) in [5.41, 5.74) is 4.70. The molecule has 0 unspecified atom stereocenters. The molecule has 0 aliphatic rings. The van der Waals surface area contributed by atoms with Crippen LogP contribution in [0, 0.1) is 9.39 Å². The van der Waals surface area contributed by atoms with Gasteiger partial charge in [0.15, 0.2) is 0 Å². The van der Waals surface area contributed by atoms with Crippen LogP contribution >= 0.6 is 50.1 Å². The van der Waals surface area contributed by atoms with E-state index in [2.05, 4.69) is 64.5 Å². The summed E-state index contributed by atoms with van der Waals surface area (Å²) >= 11 is 12.0. The molecule has 0 fully saturated rings. The lowest BCUT2D eigenvalue weighted by Gasteiger charge is -2.02. The smallest absolute Gasteiger partial charge is 0.143 e. The van der Waals surface area contributed by atoms with Gasteiger partial charge in [0.25, 0.3) is 0 Å². The van der Waals surface area contributed by atoms with Crippen molar-refractivity contribution in [3.8, 4) is 34.0 Å². The van der Waals surface area contributed by atoms with Crippen LogP contribution in [0.3, 0.4) is 0 Å². The molecule has 0 amide bonds. The van der Waals surface area contributed by atoms with E-state index < -0.39 is 5.82 Å². The zero-order chi connectivity index (χ0) is 20.8. The molecule has 2 aromatic heterocycles. The van der Waals surface area contributed by atoms with Gasteiger partial charge in [-0.2, -0.15) is 0 Å². The molecule has 5 aromatic rings. The standard InChI is InChI=1S/C22H12BrClFIN4/c23-20-19(29-22(30-20)18-14(24)2-1-3-15(18)25)11-4-6-12(7-5-11)21-27-16-9-8-13(26)10-17(16)28-21/h1-10H,(H,27,28)(H,29,30). The van der Waals surface area contributed by atoms with Crippen molar-refractivity contribution >= 4 is 61.2 Å². The first-order chi connectivity index (χ1) is 14.5. The Labute approximate surface area is 198 Å². The van der Waals surface area contributed by atoms with Gasteiger partial charge in [0.05, 0.1) is 21.6 Å². The predicted octanol–water partition coefficient (Wildman–Crippen LogP) is 7.45. The summed E-state index contributed by atoms with van der Waals surface area (Å²) in [4.78, 5) is 15.7. The van der Waals surface area contributed by atoms with E-state index in [1.807, 2.05) is 36.4 Å². The van der Waals surface area contributed by atoms with Crippen LogP contribution in [0.15, 0.2) is 65.3 Å². The van der Waals surface area contributed by atoms with E-state index in [-0.39, 0.29) is 5.56 Å². The van der Waals surface area contributed by atoms with Gasteiger partial charge in [-0.25, -0.2) is 14.4 Å². The maximum absolute atomic E-state index is 14.3. The quantitative estimate of drug-likeness (QED) is 0.214. The molecule has 0 saturated heterocycles. The summed E-state index contributed by atoms with van der Waals surface area (Å²) in [6.45, 7) is 0. The number of aromatic nitrogens is 4. The monoisotopic (exact) mass is 592 g/mol. The molecule has 5 rings (SSSR count). The van der Waals surface area contributed by atoms with Gasteiger partial charge < -0.3 is 9.97 Å². The second-order valence-corrected chi connectivity index (χ2v) is 9.11. The highest BCUT2D eigenvalue weighted by Crippen LogP contribution is 2.34. The van der Waals surface area contributed by atoms with E-state index >= 15 is 0 Å². The molecule has 0 radical (unpaired) electrons. The predicted molar refractivity (Wildman–Crippen MR) is 130 cm³/mol. The second kappa shape index (κ2) is 7.79. The fourth-order valence-electron chi connectivity index (χ4n) is 3.29. The van der Waals surface area contributed by atoms with Crippen molar-refractivity contribution in [2.45, 2.75) is 0 Å². The topological polar surface area (TPSA) is 57.4 Å². The lowest BCUT2D eigenvalue weighted by Crippen LogP contribution is -1.88. The van der Waals surface area contributed by atoms with Crippen molar-refractivity contribution in [1.82, 2.24) is 19.9 Å². The van der Waals surface area contributed by atoms with Gasteiger partial charge in [0.2, 0.25) is 0 Å². The zero-order valence-corrected chi connectivity index (χ0v) is 19.7. The largest absolute Gasteiger partial charge is 0.338 e. The Morgan fingerprint density at radius 2 is 1.67 bits per heavy atom. The van der Waals surface area contributed by atoms with Crippen molar-refractivity contribution in [1.29, 1.82) is 0 Å². The highest BCUT2D eigenvalue weighted by atomic mass is 127. The minimum Gasteiger partial charge on any atom is -0.338 e. The van der Waals surface area contributed by atoms with E-state index in [1.165, 1.54) is 6.07 Å². The molecule has 3 aromatic carbocycles. The van der Waals surface area contributed by atoms with Gasteiger partial charge in [0.1, 0.15) is 27.8 Å². The van der Waals surface area contributed by atoms with Crippen molar-refractivity contribution in [3.63, 3.8) is 0 Å². The summed E-state index contributed by atoms with van der Waals surface area (Å²) in [5, 5.41) is 0.303. The maximum atomic E-state index is 14.3. The molecule has 148 valence electrons. The number of nitrogens with zero attached hydrogens (tertiary/aromatic N) is 2. The van der Waals surface area contributed by atoms with Crippen molar-refractivity contribution in [2.24, 2.45) is 0 Å². The Morgan fingerprint density at radius 3 is 2.43 bits per heavy atom. The van der Waals surface area contributed by atoms with E-state index in [0.717, 1.165) is 31.6 Å². The average molecular weight is 594 g/mol. The number of hydrogen-bond acceptors (Lipinski definition) is 2. The summed E-state index contributed by atoms with van der Waals surface area (Å²) < 4.78 is 16.1. The Morgan fingerprint density at radius 1 is 0.900 bits per heavy atom. The number of imidazole rings is 2. The molecule has 0 bridgehead atoms. The maximum Gasteiger partial charge on any atom is 0.143 e. The first-order valence-corrected chi connectivity index (χ1v) is 11.2. The number of nitrogens with one attached hydrogen (secondary N) is 2. The molecule has 2 heterocycles. The SMILES string of the molecule is Fc1cccc(Cl)c1-c1nc(-c2ccc(-c3nc4ccc(I)cc4[nH]3)cc2)c(Br)[nH]1. The summed E-state index contributed by atoms with van der Waals surface area (Å²) in [6, 6.07) is 18.5. The first-order valence-electron chi connectivity index (χ1n) is 8.95. The third-order valence-corrected chi connectivity index (χ3v) is 6.29. The first kappa shape index (κ1) is 19.7. The van der Waals surface area contributed by atoms with Crippen LogP contribution in [0.25, 0.3) is 45.1 Å². The van der Waals surface area contributed by atoms with Crippen molar-refractivity contribution in [3.05, 3.63) is 79.7 Å². The van der Waals surface area contributed by atoms with E-state index in [4.69, 9.17) is 11.6 Å². The molecule has 0 aliphatic carbocycles. The fraction of sp³-hybridized carbons (Fsp3) is 0. The van der Waals surface area contributed by atoms with Crippen molar-refractivity contribution < 1.29 is 4.39 Å². The Bertz CT molecular complexity index is 1370. The Hall–Kier alpha value is -2.23. The van der Waals surface area contributed by atoms with Crippen LogP contribution in [-0.2, 0) is 0 Å². The molecular weight excluding hydrogens is 582 g/mol. The number of aromatic amines is 2. The summed E-state index contributed by atoms with van der Waals surface area (Å²) in [6.07, 6.45) is 0. The van der Waals surface area contributed by atoms with Gasteiger partial charge >= 0.3 is 0 Å². The van der Waals surface area contributed by atoms with Gasteiger partial charge in [-0.3, -0.25) is 0 Å². The van der Waals surface area contributed by atoms with Crippen LogP contribution in [-0.4, -0.2) is 19.9 Å². The number of H-pyrrole nitrogens is 2. The lowest BCUT2D eigenvalue weighted by molar-refractivity contribution is 0.630. The molecular formula is C22H12BrClFIN4. The normalized spacial score (nSPS) is 11.3. The van der Waals surface area contributed by atoms with Gasteiger partial charge in [-0.15, -0.1) is 0 Å². The molecule has 0 saturated carbocycles. The minimum atomic E-state index is -0.426. The Kier molecular flexibility index (Phi) is 5.12. The fourth-order valence-corrected chi connectivity index (χ4v) is 4.54. The third kappa shape index (κ3) is 3.55. The Balaban J connectivity index is 1.50. The molecule has 2 N–H and O–H groups in total. The molecule has 0 atom stereocenters. The van der Waals surface area contributed by atoms with Crippen LogP contribution in [0.4, 0.5) is 4.39 Å². The van der Waals surface area contributed by atoms with E-state index in [0.29, 0.717) is 21.1 Å². The molecule has 30 heavy (non-hydrogen) atoms. The van der Waals surface area contributed by atoms with E-state index in [9.17, 15) is 4.39 Å². The number of rotatable bonds is 3. The molecule has 0 aliphatic heterocycles. The number of hydrogen-bond donors (Lipinski definition) is 2. The number of benzene rings is 3. The van der Waals surface area contributed by atoms with Crippen LogP contribution in [0.5, 0.6) is 0 Å². The molecule has 0 spiro atoms. The van der Waals surface area contributed by atoms with Gasteiger partial charge in [-0.05, 0) is 68.9 Å². The average Bonchev–Trinajstić information content (AvgIpc) is 3.31. The van der Waals surface area contributed by atoms with Crippen LogP contribution in [0.1, 0.15) is 0 Å².